The Labute approximate surface area is 93.7 Å². The number of hydrogen-bond acceptors (Lipinski definition) is 2. The number of nitrogens with zero attached hydrogens (tertiary/aromatic N) is 1. The minimum atomic E-state index is 0.354. The highest BCUT2D eigenvalue weighted by molar-refractivity contribution is 4.90. The maximum absolute atomic E-state index is 9.45. The lowest BCUT2D eigenvalue weighted by Gasteiger charge is -2.37. The van der Waals surface area contributed by atoms with Crippen LogP contribution < -0.4 is 0 Å². The monoisotopic (exact) mass is 211 g/mol. The number of aliphatic hydroxyl groups is 1. The smallest absolute Gasteiger partial charge is 0.0589 e. The number of likely N-dealkylation sites (tertiary alicyclic amines) is 1. The molecule has 2 heteroatoms. The predicted molar refractivity (Wildman–Crippen MR) is 62.8 cm³/mol. The molecular weight excluding hydrogens is 186 g/mol. The molecule has 1 saturated heterocycles. The molecule has 2 fully saturated rings. The third kappa shape index (κ3) is 2.36. The van der Waals surface area contributed by atoms with Gasteiger partial charge in [0, 0.05) is 12.1 Å². The van der Waals surface area contributed by atoms with Gasteiger partial charge in [0.25, 0.3) is 0 Å². The molecule has 0 aromatic rings. The van der Waals surface area contributed by atoms with Crippen molar-refractivity contribution in [2.45, 2.75) is 58.0 Å². The second kappa shape index (κ2) is 4.84. The van der Waals surface area contributed by atoms with Crippen LogP contribution in [0.4, 0.5) is 0 Å². The zero-order valence-corrected chi connectivity index (χ0v) is 10.2. The standard InChI is InChI=1S/C13H25NO/c1-10-3-5-12(6-4-10)14-8-7-11(2)13(14)9-15/h10-13,15H,3-9H2,1-2H3. The van der Waals surface area contributed by atoms with Crippen LogP contribution >= 0.6 is 0 Å². The van der Waals surface area contributed by atoms with Crippen LogP contribution in [-0.2, 0) is 0 Å². The highest BCUT2D eigenvalue weighted by atomic mass is 16.3. The van der Waals surface area contributed by atoms with E-state index in [0.29, 0.717) is 18.6 Å². The number of aliphatic hydroxyl groups excluding tert-OH is 1. The first kappa shape index (κ1) is 11.4. The van der Waals surface area contributed by atoms with Gasteiger partial charge < -0.3 is 5.11 Å². The normalized spacial score (nSPS) is 43.4. The van der Waals surface area contributed by atoms with E-state index in [0.717, 1.165) is 12.0 Å². The average molecular weight is 211 g/mol. The molecule has 2 unspecified atom stereocenters. The third-order valence-electron chi connectivity index (χ3n) is 4.57. The molecule has 0 bridgehead atoms. The van der Waals surface area contributed by atoms with Crippen LogP contribution in [0.3, 0.4) is 0 Å². The Hall–Kier alpha value is -0.0800. The van der Waals surface area contributed by atoms with E-state index in [1.807, 2.05) is 0 Å². The molecule has 2 aliphatic rings. The van der Waals surface area contributed by atoms with Gasteiger partial charge in [0.15, 0.2) is 0 Å². The van der Waals surface area contributed by atoms with Crippen LogP contribution in [0.25, 0.3) is 0 Å². The van der Waals surface area contributed by atoms with Crippen LogP contribution in [0.1, 0.15) is 46.0 Å². The van der Waals surface area contributed by atoms with Crippen LogP contribution in [-0.4, -0.2) is 35.2 Å². The average Bonchev–Trinajstić information content (AvgIpc) is 2.61. The second-order valence-electron chi connectivity index (χ2n) is 5.67. The van der Waals surface area contributed by atoms with E-state index in [1.165, 1.54) is 38.6 Å². The predicted octanol–water partition coefficient (Wildman–Crippen LogP) is 2.27. The molecule has 1 saturated carbocycles. The summed E-state index contributed by atoms with van der Waals surface area (Å²) in [6.07, 6.45) is 6.74. The molecule has 2 atom stereocenters. The SMILES string of the molecule is CC1CCC(N2CCC(C)C2CO)CC1. The fourth-order valence-corrected chi connectivity index (χ4v) is 3.35. The molecular formula is C13H25NO. The summed E-state index contributed by atoms with van der Waals surface area (Å²) in [4.78, 5) is 2.59. The van der Waals surface area contributed by atoms with Gasteiger partial charge in [-0.25, -0.2) is 0 Å². The van der Waals surface area contributed by atoms with Gasteiger partial charge in [-0.3, -0.25) is 4.90 Å². The zero-order valence-electron chi connectivity index (χ0n) is 10.2. The lowest BCUT2D eigenvalue weighted by atomic mass is 9.86. The maximum atomic E-state index is 9.45. The van der Waals surface area contributed by atoms with Crippen molar-refractivity contribution >= 4 is 0 Å². The number of rotatable bonds is 2. The molecule has 88 valence electrons. The first-order valence-electron chi connectivity index (χ1n) is 6.59. The Kier molecular flexibility index (Phi) is 3.68. The summed E-state index contributed by atoms with van der Waals surface area (Å²) >= 11 is 0. The molecule has 0 aromatic heterocycles. The van der Waals surface area contributed by atoms with Crippen molar-refractivity contribution < 1.29 is 5.11 Å². The summed E-state index contributed by atoms with van der Waals surface area (Å²) in [6.45, 7) is 6.22. The van der Waals surface area contributed by atoms with Gasteiger partial charge >= 0.3 is 0 Å². The summed E-state index contributed by atoms with van der Waals surface area (Å²) < 4.78 is 0. The molecule has 1 N–H and O–H groups in total. The quantitative estimate of drug-likeness (QED) is 0.757. The van der Waals surface area contributed by atoms with Gasteiger partial charge in [-0.1, -0.05) is 13.8 Å². The van der Waals surface area contributed by atoms with E-state index in [9.17, 15) is 5.11 Å². The van der Waals surface area contributed by atoms with E-state index in [1.54, 1.807) is 0 Å². The number of hydrogen-bond donors (Lipinski definition) is 1. The minimum Gasteiger partial charge on any atom is -0.395 e. The topological polar surface area (TPSA) is 23.5 Å². The van der Waals surface area contributed by atoms with Crippen molar-refractivity contribution in [1.82, 2.24) is 4.90 Å². The Balaban J connectivity index is 1.92. The van der Waals surface area contributed by atoms with Crippen molar-refractivity contribution in [3.63, 3.8) is 0 Å². The Bertz CT molecular complexity index is 199. The van der Waals surface area contributed by atoms with Gasteiger partial charge in [0.1, 0.15) is 0 Å². The molecule has 1 heterocycles. The highest BCUT2D eigenvalue weighted by Crippen LogP contribution is 2.33. The summed E-state index contributed by atoms with van der Waals surface area (Å²) in [7, 11) is 0. The molecule has 1 aliphatic carbocycles. The van der Waals surface area contributed by atoms with Crippen molar-refractivity contribution in [2.75, 3.05) is 13.2 Å². The third-order valence-corrected chi connectivity index (χ3v) is 4.57. The largest absolute Gasteiger partial charge is 0.395 e. The molecule has 2 nitrogen and oxygen atoms in total. The maximum Gasteiger partial charge on any atom is 0.0589 e. The van der Waals surface area contributed by atoms with Gasteiger partial charge in [0.2, 0.25) is 0 Å². The molecule has 15 heavy (non-hydrogen) atoms. The van der Waals surface area contributed by atoms with Crippen molar-refractivity contribution in [2.24, 2.45) is 11.8 Å². The van der Waals surface area contributed by atoms with Crippen molar-refractivity contribution in [1.29, 1.82) is 0 Å². The van der Waals surface area contributed by atoms with Gasteiger partial charge in [-0.2, -0.15) is 0 Å². The van der Waals surface area contributed by atoms with E-state index in [4.69, 9.17) is 0 Å². The lowest BCUT2D eigenvalue weighted by molar-refractivity contribution is 0.0770. The molecule has 2 rings (SSSR count). The molecule has 0 aromatic carbocycles. The molecule has 1 aliphatic heterocycles. The fraction of sp³-hybridized carbons (Fsp3) is 1.00. The minimum absolute atomic E-state index is 0.354. The first-order chi connectivity index (χ1) is 7.22. The zero-order chi connectivity index (χ0) is 10.8. The summed E-state index contributed by atoms with van der Waals surface area (Å²) in [5, 5.41) is 9.45. The van der Waals surface area contributed by atoms with Crippen LogP contribution in [0.2, 0.25) is 0 Å². The molecule has 0 amide bonds. The van der Waals surface area contributed by atoms with E-state index in [2.05, 4.69) is 18.7 Å². The lowest BCUT2D eigenvalue weighted by Crippen LogP contribution is -2.44. The van der Waals surface area contributed by atoms with Crippen molar-refractivity contribution in [3.05, 3.63) is 0 Å². The van der Waals surface area contributed by atoms with Crippen LogP contribution in [0, 0.1) is 11.8 Å². The Morgan fingerprint density at radius 2 is 1.73 bits per heavy atom. The Morgan fingerprint density at radius 1 is 1.07 bits per heavy atom. The van der Waals surface area contributed by atoms with Gasteiger partial charge in [-0.15, -0.1) is 0 Å². The summed E-state index contributed by atoms with van der Waals surface area (Å²) in [5.74, 6) is 1.61. The van der Waals surface area contributed by atoms with Crippen LogP contribution in [0.5, 0.6) is 0 Å². The fourth-order valence-electron chi connectivity index (χ4n) is 3.35. The van der Waals surface area contributed by atoms with Crippen molar-refractivity contribution in [3.8, 4) is 0 Å². The highest BCUT2D eigenvalue weighted by Gasteiger charge is 2.36. The summed E-state index contributed by atoms with van der Waals surface area (Å²) in [5.41, 5.74) is 0. The molecule has 0 radical (unpaired) electrons. The molecule has 0 spiro atoms. The van der Waals surface area contributed by atoms with E-state index >= 15 is 0 Å². The van der Waals surface area contributed by atoms with E-state index in [-0.39, 0.29) is 0 Å². The van der Waals surface area contributed by atoms with E-state index < -0.39 is 0 Å². The van der Waals surface area contributed by atoms with Gasteiger partial charge in [-0.05, 0) is 50.5 Å². The van der Waals surface area contributed by atoms with Gasteiger partial charge in [0.05, 0.1) is 6.61 Å². The second-order valence-corrected chi connectivity index (χ2v) is 5.67. The Morgan fingerprint density at radius 3 is 2.33 bits per heavy atom. The first-order valence-corrected chi connectivity index (χ1v) is 6.59. The summed E-state index contributed by atoms with van der Waals surface area (Å²) in [6, 6.07) is 1.21. The van der Waals surface area contributed by atoms with Crippen LogP contribution in [0.15, 0.2) is 0 Å².